The third kappa shape index (κ3) is 3.57. The van der Waals surface area contributed by atoms with Crippen molar-refractivity contribution in [3.8, 4) is 5.69 Å². The van der Waals surface area contributed by atoms with Crippen LogP contribution in [0.15, 0.2) is 48.8 Å². The summed E-state index contributed by atoms with van der Waals surface area (Å²) in [5, 5.41) is 14.8. The molecule has 1 aromatic heterocycles. The highest BCUT2D eigenvalue weighted by atomic mass is 16.3. The van der Waals surface area contributed by atoms with Crippen LogP contribution in [0.25, 0.3) is 5.69 Å². The molecule has 5 heteroatoms. The standard InChI is InChI=1S/C26H29N3O2/c1-17-18(2)23-16-28(24-6-3-4-7-25(24)30)26(31)22(23)15-20(17)14-19-8-10-21(11-9-19)29-13-5-12-27-29/h5,8-13,15,24-25,30H,3-4,6-7,14,16H2,1-2H3. The Bertz CT molecular complexity index is 1100. The zero-order valence-electron chi connectivity index (χ0n) is 18.2. The molecule has 2 aliphatic rings. The molecule has 3 aromatic rings. The van der Waals surface area contributed by atoms with E-state index in [9.17, 15) is 9.90 Å². The molecular weight excluding hydrogens is 386 g/mol. The van der Waals surface area contributed by atoms with Gasteiger partial charge >= 0.3 is 0 Å². The second-order valence-corrected chi connectivity index (χ2v) is 8.96. The van der Waals surface area contributed by atoms with Crippen LogP contribution < -0.4 is 0 Å². The van der Waals surface area contributed by atoms with Crippen LogP contribution in [-0.2, 0) is 13.0 Å². The van der Waals surface area contributed by atoms with Crippen LogP contribution in [0.4, 0.5) is 0 Å². The maximum Gasteiger partial charge on any atom is 0.254 e. The highest BCUT2D eigenvalue weighted by molar-refractivity contribution is 5.99. The Labute approximate surface area is 183 Å². The van der Waals surface area contributed by atoms with Crippen LogP contribution in [0.2, 0.25) is 0 Å². The molecular formula is C26H29N3O2. The number of hydrogen-bond acceptors (Lipinski definition) is 3. The van der Waals surface area contributed by atoms with E-state index in [2.05, 4.69) is 49.3 Å². The van der Waals surface area contributed by atoms with E-state index in [0.717, 1.165) is 48.9 Å². The minimum Gasteiger partial charge on any atom is -0.391 e. The van der Waals surface area contributed by atoms with Crippen molar-refractivity contribution < 1.29 is 9.90 Å². The van der Waals surface area contributed by atoms with E-state index < -0.39 is 6.10 Å². The van der Waals surface area contributed by atoms with Crippen LogP contribution in [0.3, 0.4) is 0 Å². The third-order valence-corrected chi connectivity index (χ3v) is 7.15. The van der Waals surface area contributed by atoms with Gasteiger partial charge in [-0.25, -0.2) is 4.68 Å². The summed E-state index contributed by atoms with van der Waals surface area (Å²) in [6, 6.07) is 12.4. The number of rotatable bonds is 4. The second-order valence-electron chi connectivity index (χ2n) is 8.96. The zero-order chi connectivity index (χ0) is 21.5. The van der Waals surface area contributed by atoms with Gasteiger partial charge in [0.25, 0.3) is 5.91 Å². The van der Waals surface area contributed by atoms with Crippen molar-refractivity contribution in [1.82, 2.24) is 14.7 Å². The van der Waals surface area contributed by atoms with Gasteiger partial charge in [0.15, 0.2) is 0 Å². The number of hydrogen-bond donors (Lipinski definition) is 1. The lowest BCUT2D eigenvalue weighted by molar-refractivity contribution is 0.0191. The van der Waals surface area contributed by atoms with E-state index in [-0.39, 0.29) is 11.9 Å². The molecule has 5 rings (SSSR count). The van der Waals surface area contributed by atoms with E-state index in [4.69, 9.17) is 0 Å². The molecule has 1 amide bonds. The van der Waals surface area contributed by atoms with Crippen LogP contribution in [0.5, 0.6) is 0 Å². The molecule has 0 spiro atoms. The summed E-state index contributed by atoms with van der Waals surface area (Å²) in [4.78, 5) is 15.2. The number of benzene rings is 2. The first kappa shape index (κ1) is 20.0. The fourth-order valence-electron chi connectivity index (χ4n) is 5.14. The van der Waals surface area contributed by atoms with E-state index in [1.807, 2.05) is 21.8 Å². The quantitative estimate of drug-likeness (QED) is 0.690. The molecule has 1 aliphatic carbocycles. The van der Waals surface area contributed by atoms with Crippen molar-refractivity contribution in [2.45, 2.75) is 64.6 Å². The summed E-state index contributed by atoms with van der Waals surface area (Å²) in [6.07, 6.45) is 7.92. The number of aromatic nitrogens is 2. The van der Waals surface area contributed by atoms with E-state index in [1.165, 1.54) is 22.3 Å². The first-order valence-electron chi connectivity index (χ1n) is 11.2. The lowest BCUT2D eigenvalue weighted by Gasteiger charge is -2.35. The first-order chi connectivity index (χ1) is 15.0. The van der Waals surface area contributed by atoms with Gasteiger partial charge in [0.2, 0.25) is 0 Å². The number of amides is 1. The molecule has 0 saturated heterocycles. The molecule has 5 nitrogen and oxygen atoms in total. The van der Waals surface area contributed by atoms with E-state index in [1.54, 1.807) is 6.20 Å². The minimum atomic E-state index is -0.402. The Hall–Kier alpha value is -2.92. The topological polar surface area (TPSA) is 58.4 Å². The van der Waals surface area contributed by atoms with Gasteiger partial charge in [-0.15, -0.1) is 0 Å². The summed E-state index contributed by atoms with van der Waals surface area (Å²) in [5.74, 6) is 0.0827. The highest BCUT2D eigenvalue weighted by Gasteiger charge is 2.38. The maximum absolute atomic E-state index is 13.3. The Balaban J connectivity index is 1.41. The van der Waals surface area contributed by atoms with Gasteiger partial charge in [0.1, 0.15) is 0 Å². The first-order valence-corrected chi connectivity index (χ1v) is 11.2. The zero-order valence-corrected chi connectivity index (χ0v) is 18.2. The molecule has 1 aliphatic heterocycles. The average Bonchev–Trinajstić information content (AvgIpc) is 3.42. The summed E-state index contributed by atoms with van der Waals surface area (Å²) >= 11 is 0. The van der Waals surface area contributed by atoms with Crippen LogP contribution in [0, 0.1) is 13.8 Å². The number of nitrogens with zero attached hydrogens (tertiary/aromatic N) is 3. The maximum atomic E-state index is 13.3. The van der Waals surface area contributed by atoms with Gasteiger partial charge in [0.05, 0.1) is 17.8 Å². The summed E-state index contributed by atoms with van der Waals surface area (Å²) in [6.45, 7) is 4.92. The van der Waals surface area contributed by atoms with Gasteiger partial charge in [-0.1, -0.05) is 25.0 Å². The lowest BCUT2D eigenvalue weighted by atomic mass is 9.91. The Kier molecular flexibility index (Phi) is 5.14. The number of aliphatic hydroxyl groups is 1. The summed E-state index contributed by atoms with van der Waals surface area (Å²) in [5.41, 5.74) is 7.87. The van der Waals surface area contributed by atoms with E-state index >= 15 is 0 Å². The van der Waals surface area contributed by atoms with Crippen molar-refractivity contribution in [2.24, 2.45) is 0 Å². The number of carbonyl (C=O) groups excluding carboxylic acids is 1. The molecule has 2 aromatic carbocycles. The molecule has 2 atom stereocenters. The predicted octanol–water partition coefficient (Wildman–Crippen LogP) is 4.34. The molecule has 1 fully saturated rings. The molecule has 2 unspecified atom stereocenters. The predicted molar refractivity (Wildman–Crippen MR) is 120 cm³/mol. The molecule has 1 saturated carbocycles. The van der Waals surface area contributed by atoms with Gasteiger partial charge in [-0.2, -0.15) is 5.10 Å². The van der Waals surface area contributed by atoms with Gasteiger partial charge in [0, 0.05) is 24.5 Å². The Morgan fingerprint density at radius 2 is 1.87 bits per heavy atom. The van der Waals surface area contributed by atoms with Crippen molar-refractivity contribution in [3.63, 3.8) is 0 Å². The van der Waals surface area contributed by atoms with Crippen LogP contribution >= 0.6 is 0 Å². The van der Waals surface area contributed by atoms with Crippen LogP contribution in [-0.4, -0.2) is 37.8 Å². The molecule has 160 valence electrons. The Morgan fingerprint density at radius 1 is 1.10 bits per heavy atom. The molecule has 1 N–H and O–H groups in total. The van der Waals surface area contributed by atoms with Gasteiger partial charge in [-0.05, 0) is 85.2 Å². The SMILES string of the molecule is Cc1c(Cc2ccc(-n3cccn3)cc2)cc2c(c1C)CN(C1CCCCC1O)C2=O. The number of aliphatic hydroxyl groups excluding tert-OH is 1. The largest absolute Gasteiger partial charge is 0.391 e. The fourth-order valence-corrected chi connectivity index (χ4v) is 5.14. The summed E-state index contributed by atoms with van der Waals surface area (Å²) < 4.78 is 1.85. The Morgan fingerprint density at radius 3 is 2.58 bits per heavy atom. The molecule has 31 heavy (non-hydrogen) atoms. The monoisotopic (exact) mass is 415 g/mol. The number of carbonyl (C=O) groups is 1. The average molecular weight is 416 g/mol. The van der Waals surface area contributed by atoms with Crippen molar-refractivity contribution in [1.29, 1.82) is 0 Å². The van der Waals surface area contributed by atoms with Crippen molar-refractivity contribution in [2.75, 3.05) is 0 Å². The summed E-state index contributed by atoms with van der Waals surface area (Å²) in [7, 11) is 0. The second kappa shape index (κ2) is 7.97. The van der Waals surface area contributed by atoms with Crippen molar-refractivity contribution >= 4 is 5.91 Å². The third-order valence-electron chi connectivity index (χ3n) is 7.15. The van der Waals surface area contributed by atoms with Crippen LogP contribution in [0.1, 0.15) is 63.9 Å². The smallest absolute Gasteiger partial charge is 0.254 e. The molecule has 0 bridgehead atoms. The lowest BCUT2D eigenvalue weighted by Crippen LogP contribution is -2.45. The molecule has 0 radical (unpaired) electrons. The van der Waals surface area contributed by atoms with Crippen molar-refractivity contribution in [3.05, 3.63) is 82.2 Å². The normalized spacial score (nSPS) is 20.9. The molecule has 2 heterocycles. The fraction of sp³-hybridized carbons (Fsp3) is 0.385. The highest BCUT2D eigenvalue weighted by Crippen LogP contribution is 2.35. The van der Waals surface area contributed by atoms with E-state index in [0.29, 0.717) is 6.54 Å². The van der Waals surface area contributed by atoms with Gasteiger partial charge < -0.3 is 10.0 Å². The number of fused-ring (bicyclic) bond motifs is 1. The van der Waals surface area contributed by atoms with Gasteiger partial charge in [-0.3, -0.25) is 4.79 Å². The minimum absolute atomic E-state index is 0.0494.